The largest absolute Gasteiger partial charge is 0.398 e. The third kappa shape index (κ3) is 2.90. The average molecular weight is 263 g/mol. The van der Waals surface area contributed by atoms with Gasteiger partial charge in [0.05, 0.1) is 0 Å². The molecule has 0 radical (unpaired) electrons. The van der Waals surface area contributed by atoms with Crippen LogP contribution in [0.3, 0.4) is 0 Å². The van der Waals surface area contributed by atoms with Crippen LogP contribution in [0.5, 0.6) is 0 Å². The molecule has 2 aliphatic heterocycles. The van der Waals surface area contributed by atoms with Crippen LogP contribution in [-0.2, 0) is 6.54 Å². The zero-order valence-corrected chi connectivity index (χ0v) is 11.3. The van der Waals surface area contributed by atoms with Crippen molar-refractivity contribution in [3.8, 4) is 0 Å². The maximum Gasteiger partial charge on any atom is 0.125 e. The SMILES string of the molecule is Nc1cc(F)ccc1CN1CCCN2CCCC2C1. The van der Waals surface area contributed by atoms with Crippen LogP contribution < -0.4 is 5.73 Å². The minimum Gasteiger partial charge on any atom is -0.398 e. The molecule has 4 heteroatoms. The standard InChI is InChI=1S/C15H22FN3/c16-13-5-4-12(15(17)9-13)10-18-6-2-8-19-7-1-3-14(19)11-18/h4-5,9,14H,1-3,6-8,10-11,17H2. The van der Waals surface area contributed by atoms with Crippen molar-refractivity contribution in [1.29, 1.82) is 0 Å². The predicted molar refractivity (Wildman–Crippen MR) is 75.3 cm³/mol. The maximum atomic E-state index is 13.1. The van der Waals surface area contributed by atoms with Crippen LogP contribution in [0.1, 0.15) is 24.8 Å². The van der Waals surface area contributed by atoms with E-state index in [1.807, 2.05) is 6.07 Å². The topological polar surface area (TPSA) is 32.5 Å². The Balaban J connectivity index is 1.68. The molecule has 0 amide bonds. The molecule has 0 aliphatic carbocycles. The molecule has 0 saturated carbocycles. The molecule has 2 heterocycles. The van der Waals surface area contributed by atoms with Crippen molar-refractivity contribution in [2.24, 2.45) is 0 Å². The Labute approximate surface area is 114 Å². The van der Waals surface area contributed by atoms with Gasteiger partial charge in [-0.1, -0.05) is 6.07 Å². The summed E-state index contributed by atoms with van der Waals surface area (Å²) in [7, 11) is 0. The summed E-state index contributed by atoms with van der Waals surface area (Å²) in [6.45, 7) is 5.56. The van der Waals surface area contributed by atoms with Gasteiger partial charge in [0.2, 0.25) is 0 Å². The van der Waals surface area contributed by atoms with Crippen molar-refractivity contribution in [3.63, 3.8) is 0 Å². The number of hydrogen-bond donors (Lipinski definition) is 1. The highest BCUT2D eigenvalue weighted by atomic mass is 19.1. The summed E-state index contributed by atoms with van der Waals surface area (Å²) in [4.78, 5) is 5.09. The Morgan fingerprint density at radius 2 is 2.05 bits per heavy atom. The molecular formula is C15H22FN3. The van der Waals surface area contributed by atoms with E-state index in [4.69, 9.17) is 5.73 Å². The normalized spacial score (nSPS) is 25.2. The van der Waals surface area contributed by atoms with E-state index >= 15 is 0 Å². The number of halogens is 1. The second-order valence-corrected chi connectivity index (χ2v) is 5.76. The first kappa shape index (κ1) is 12.9. The van der Waals surface area contributed by atoms with Gasteiger partial charge in [-0.05, 0) is 56.6 Å². The Kier molecular flexibility index (Phi) is 3.71. The Hall–Kier alpha value is -1.13. The first-order chi connectivity index (χ1) is 9.22. The van der Waals surface area contributed by atoms with Crippen LogP contribution in [0.4, 0.5) is 10.1 Å². The predicted octanol–water partition coefficient (Wildman–Crippen LogP) is 2.08. The molecule has 2 saturated heterocycles. The molecule has 0 bridgehead atoms. The number of benzene rings is 1. The van der Waals surface area contributed by atoms with Gasteiger partial charge in [-0.15, -0.1) is 0 Å². The van der Waals surface area contributed by atoms with E-state index in [2.05, 4.69) is 9.80 Å². The van der Waals surface area contributed by atoms with Crippen molar-refractivity contribution in [3.05, 3.63) is 29.6 Å². The van der Waals surface area contributed by atoms with E-state index in [0.29, 0.717) is 11.7 Å². The van der Waals surface area contributed by atoms with Gasteiger partial charge in [0.25, 0.3) is 0 Å². The van der Waals surface area contributed by atoms with Gasteiger partial charge in [0.1, 0.15) is 5.82 Å². The van der Waals surface area contributed by atoms with Crippen LogP contribution in [0, 0.1) is 5.82 Å². The van der Waals surface area contributed by atoms with Gasteiger partial charge in [0, 0.05) is 24.8 Å². The molecule has 2 fully saturated rings. The van der Waals surface area contributed by atoms with Crippen molar-refractivity contribution >= 4 is 5.69 Å². The first-order valence-corrected chi connectivity index (χ1v) is 7.23. The highest BCUT2D eigenvalue weighted by molar-refractivity contribution is 5.46. The fourth-order valence-electron chi connectivity index (χ4n) is 3.38. The van der Waals surface area contributed by atoms with Crippen LogP contribution in [-0.4, -0.2) is 42.0 Å². The number of fused-ring (bicyclic) bond motifs is 1. The fraction of sp³-hybridized carbons (Fsp3) is 0.600. The number of rotatable bonds is 2. The summed E-state index contributed by atoms with van der Waals surface area (Å²) in [6, 6.07) is 5.46. The van der Waals surface area contributed by atoms with Crippen molar-refractivity contribution in [2.75, 3.05) is 31.9 Å². The van der Waals surface area contributed by atoms with E-state index in [1.54, 1.807) is 0 Å². The van der Waals surface area contributed by atoms with E-state index in [1.165, 1.54) is 44.5 Å². The average Bonchev–Trinajstić information content (AvgIpc) is 2.72. The molecule has 2 aliphatic rings. The Bertz CT molecular complexity index is 449. The molecule has 2 N–H and O–H groups in total. The summed E-state index contributed by atoms with van der Waals surface area (Å²) < 4.78 is 13.1. The second kappa shape index (κ2) is 5.47. The fourth-order valence-corrected chi connectivity index (χ4v) is 3.38. The molecule has 1 unspecified atom stereocenters. The zero-order chi connectivity index (χ0) is 13.2. The lowest BCUT2D eigenvalue weighted by molar-refractivity contribution is 0.215. The highest BCUT2D eigenvalue weighted by Crippen LogP contribution is 2.23. The lowest BCUT2D eigenvalue weighted by atomic mass is 10.1. The van der Waals surface area contributed by atoms with Crippen LogP contribution in [0.15, 0.2) is 18.2 Å². The summed E-state index contributed by atoms with van der Waals surface area (Å²) in [5, 5.41) is 0. The van der Waals surface area contributed by atoms with E-state index in [-0.39, 0.29) is 5.82 Å². The smallest absolute Gasteiger partial charge is 0.125 e. The zero-order valence-electron chi connectivity index (χ0n) is 11.3. The highest BCUT2D eigenvalue weighted by Gasteiger charge is 2.28. The minimum absolute atomic E-state index is 0.251. The van der Waals surface area contributed by atoms with Gasteiger partial charge < -0.3 is 5.73 Å². The Morgan fingerprint density at radius 1 is 1.21 bits per heavy atom. The first-order valence-electron chi connectivity index (χ1n) is 7.23. The molecule has 1 atom stereocenters. The molecule has 19 heavy (non-hydrogen) atoms. The number of anilines is 1. The third-order valence-corrected chi connectivity index (χ3v) is 4.39. The van der Waals surface area contributed by atoms with Crippen LogP contribution >= 0.6 is 0 Å². The number of hydrogen-bond acceptors (Lipinski definition) is 3. The maximum absolute atomic E-state index is 13.1. The second-order valence-electron chi connectivity index (χ2n) is 5.76. The molecule has 104 valence electrons. The number of nitrogens with zero attached hydrogens (tertiary/aromatic N) is 2. The summed E-state index contributed by atoms with van der Waals surface area (Å²) >= 11 is 0. The number of nitrogen functional groups attached to an aromatic ring is 1. The van der Waals surface area contributed by atoms with Gasteiger partial charge >= 0.3 is 0 Å². The van der Waals surface area contributed by atoms with Crippen LogP contribution in [0.25, 0.3) is 0 Å². The lowest BCUT2D eigenvalue weighted by Crippen LogP contribution is -2.36. The summed E-state index contributed by atoms with van der Waals surface area (Å²) in [6.07, 6.45) is 3.87. The summed E-state index contributed by atoms with van der Waals surface area (Å²) in [5.41, 5.74) is 7.53. The molecular weight excluding hydrogens is 241 g/mol. The third-order valence-electron chi connectivity index (χ3n) is 4.39. The van der Waals surface area contributed by atoms with Gasteiger partial charge in [-0.25, -0.2) is 4.39 Å². The molecule has 3 rings (SSSR count). The summed E-state index contributed by atoms with van der Waals surface area (Å²) in [5.74, 6) is -0.251. The van der Waals surface area contributed by atoms with Gasteiger partial charge in [0.15, 0.2) is 0 Å². The van der Waals surface area contributed by atoms with Gasteiger partial charge in [-0.2, -0.15) is 0 Å². The van der Waals surface area contributed by atoms with Crippen molar-refractivity contribution in [2.45, 2.75) is 31.8 Å². The minimum atomic E-state index is -0.251. The van der Waals surface area contributed by atoms with E-state index < -0.39 is 0 Å². The van der Waals surface area contributed by atoms with Crippen molar-refractivity contribution in [1.82, 2.24) is 9.80 Å². The van der Waals surface area contributed by atoms with Gasteiger partial charge in [-0.3, -0.25) is 9.80 Å². The van der Waals surface area contributed by atoms with E-state index in [9.17, 15) is 4.39 Å². The van der Waals surface area contributed by atoms with Crippen molar-refractivity contribution < 1.29 is 4.39 Å². The van der Waals surface area contributed by atoms with Crippen LogP contribution in [0.2, 0.25) is 0 Å². The quantitative estimate of drug-likeness (QED) is 0.829. The monoisotopic (exact) mass is 263 g/mol. The van der Waals surface area contributed by atoms with E-state index in [0.717, 1.165) is 25.2 Å². The Morgan fingerprint density at radius 3 is 2.89 bits per heavy atom. The molecule has 1 aromatic rings. The lowest BCUT2D eigenvalue weighted by Gasteiger charge is -2.26. The molecule has 0 spiro atoms. The molecule has 0 aromatic heterocycles. The molecule has 3 nitrogen and oxygen atoms in total. The molecule has 1 aromatic carbocycles. The number of nitrogens with two attached hydrogens (primary N) is 1.